The molecule has 1 aliphatic heterocycles. The third kappa shape index (κ3) is 8.04. The van der Waals surface area contributed by atoms with E-state index >= 15 is 0 Å². The van der Waals surface area contributed by atoms with Gasteiger partial charge < -0.3 is 44.6 Å². The predicted octanol–water partition coefficient (Wildman–Crippen LogP) is 2.83. The highest BCUT2D eigenvalue weighted by Gasteiger charge is 2.85. The SMILES string of the molecule is CCOC(=O)[C@H](CC(C)C)NP(=O)(N[C@@H](CC(C)C)C(=O)OCC)OC[C@H]1OC2(C)[C@@H](n3cnc4c(NC5CCCC5)nc(N)nc43)C2(O)C1O. The number of esters is 2. The number of hydrogen-bond acceptors (Lipinski definition) is 14. The van der Waals surface area contributed by atoms with E-state index in [0.29, 0.717) is 17.0 Å². The molecule has 3 fully saturated rings. The van der Waals surface area contributed by atoms with Gasteiger partial charge in [0.25, 0.3) is 0 Å². The summed E-state index contributed by atoms with van der Waals surface area (Å²) in [7, 11) is -4.27. The van der Waals surface area contributed by atoms with Crippen molar-refractivity contribution >= 4 is 42.5 Å². The molecule has 1 saturated heterocycles. The van der Waals surface area contributed by atoms with Gasteiger partial charge in [0.15, 0.2) is 17.0 Å². The summed E-state index contributed by atoms with van der Waals surface area (Å²) in [5.74, 6) is -0.709. The first kappa shape index (κ1) is 39.3. The maximum atomic E-state index is 14.6. The van der Waals surface area contributed by atoms with Crippen LogP contribution in [0.4, 0.5) is 11.8 Å². The molecule has 2 aromatic heterocycles. The maximum Gasteiger partial charge on any atom is 0.342 e. The number of nitrogens with one attached hydrogen (secondary N) is 3. The van der Waals surface area contributed by atoms with Crippen molar-refractivity contribution in [3.05, 3.63) is 6.33 Å². The summed E-state index contributed by atoms with van der Waals surface area (Å²) < 4.78 is 39.0. The van der Waals surface area contributed by atoms with Crippen LogP contribution < -0.4 is 21.2 Å². The van der Waals surface area contributed by atoms with Crippen LogP contribution in [0.25, 0.3) is 11.2 Å². The Balaban J connectivity index is 1.37. The highest BCUT2D eigenvalue weighted by molar-refractivity contribution is 7.54. The van der Waals surface area contributed by atoms with Crippen LogP contribution in [0, 0.1) is 11.8 Å². The second kappa shape index (κ2) is 15.6. The molecule has 0 spiro atoms. The van der Waals surface area contributed by atoms with Crippen molar-refractivity contribution in [2.45, 2.75) is 135 Å². The van der Waals surface area contributed by atoms with Crippen LogP contribution in [0.5, 0.6) is 0 Å². The number of imidazole rings is 1. The number of carbonyl (C=O) groups is 2. The van der Waals surface area contributed by atoms with Crippen LogP contribution in [-0.4, -0.2) is 103 Å². The molecule has 2 aromatic rings. The fourth-order valence-corrected chi connectivity index (χ4v) is 9.30. The molecular weight excluding hydrogens is 683 g/mol. The number of anilines is 2. The normalized spacial score (nSPS) is 27.5. The summed E-state index contributed by atoms with van der Waals surface area (Å²) in [4.78, 5) is 39.3. The minimum absolute atomic E-state index is 0.00421. The standard InChI is InChI=1S/C33H55N8O9P/c1-8-47-28(43)21(14-18(3)4)39-51(46,40-22(15-19(5)6)29(44)48-9-2)49-16-23-25(42)33(45)30(32(33,7)50-23)41-17-35-24-26(36-20-12-10-11-13-20)37-31(34)38-27(24)41/h17-23,25,30,42,45H,8-16H2,1-7H3,(H2,39,40,46)(H3,34,36,37,38)/t21-,22-,23+,25?,30+,32?,33?/m0/s1. The molecule has 0 amide bonds. The van der Waals surface area contributed by atoms with Gasteiger partial charge in [-0.3, -0.25) is 14.2 Å². The van der Waals surface area contributed by atoms with Crippen molar-refractivity contribution in [1.29, 1.82) is 0 Å². The van der Waals surface area contributed by atoms with Crippen LogP contribution in [0.2, 0.25) is 0 Å². The Morgan fingerprint density at radius 3 is 2.12 bits per heavy atom. The minimum Gasteiger partial charge on any atom is -0.465 e. The largest absolute Gasteiger partial charge is 0.465 e. The van der Waals surface area contributed by atoms with E-state index in [1.807, 2.05) is 27.7 Å². The Morgan fingerprint density at radius 2 is 1.63 bits per heavy atom. The quantitative estimate of drug-likeness (QED) is 0.0953. The second-order valence-corrected chi connectivity index (χ2v) is 16.7. The van der Waals surface area contributed by atoms with Crippen LogP contribution in [0.3, 0.4) is 0 Å². The Kier molecular flexibility index (Phi) is 12.0. The monoisotopic (exact) mass is 738 g/mol. The second-order valence-electron chi connectivity index (χ2n) is 14.8. The number of aliphatic hydroxyl groups excluding tert-OH is 1. The lowest BCUT2D eigenvalue weighted by Gasteiger charge is -2.31. The molecular formula is C33H55N8O9P. The summed E-state index contributed by atoms with van der Waals surface area (Å²) in [6, 6.07) is -2.64. The third-order valence-corrected chi connectivity index (χ3v) is 11.7. The van der Waals surface area contributed by atoms with Crippen LogP contribution in [0.1, 0.15) is 93.0 Å². The Bertz CT molecular complexity index is 1570. The molecule has 0 aromatic carbocycles. The molecule has 3 unspecified atom stereocenters. The van der Waals surface area contributed by atoms with Crippen LogP contribution >= 0.6 is 7.67 Å². The van der Waals surface area contributed by atoms with Gasteiger partial charge in [-0.1, -0.05) is 40.5 Å². The van der Waals surface area contributed by atoms with Gasteiger partial charge in [0.1, 0.15) is 41.5 Å². The topological polar surface area (TPSA) is 234 Å². The molecule has 51 heavy (non-hydrogen) atoms. The van der Waals surface area contributed by atoms with Crippen molar-refractivity contribution < 1.29 is 43.1 Å². The van der Waals surface area contributed by atoms with E-state index in [9.17, 15) is 24.4 Å². The number of fused-ring (bicyclic) bond motifs is 2. The van der Waals surface area contributed by atoms with E-state index in [2.05, 4.69) is 30.4 Å². The summed E-state index contributed by atoms with van der Waals surface area (Å²) >= 11 is 0. The molecule has 2 saturated carbocycles. The molecule has 0 radical (unpaired) electrons. The fourth-order valence-electron chi connectivity index (χ4n) is 7.48. The number of carbonyl (C=O) groups excluding carboxylic acids is 2. The number of nitrogens with two attached hydrogens (primary N) is 1. The molecule has 5 rings (SSSR count). The van der Waals surface area contributed by atoms with Gasteiger partial charge in [0.2, 0.25) is 5.95 Å². The first-order valence-corrected chi connectivity index (χ1v) is 19.7. The van der Waals surface area contributed by atoms with Crippen molar-refractivity contribution in [1.82, 2.24) is 29.7 Å². The molecule has 3 aliphatic rings. The lowest BCUT2D eigenvalue weighted by atomic mass is 10.1. The molecule has 7 atom stereocenters. The van der Waals surface area contributed by atoms with E-state index in [4.69, 9.17) is 24.5 Å². The van der Waals surface area contributed by atoms with Crippen molar-refractivity contribution in [3.63, 3.8) is 0 Å². The Morgan fingerprint density at radius 1 is 1.06 bits per heavy atom. The molecule has 2 aliphatic carbocycles. The lowest BCUT2D eigenvalue weighted by molar-refractivity contribution is -0.146. The van der Waals surface area contributed by atoms with Gasteiger partial charge in [0, 0.05) is 6.04 Å². The number of hydrogen-bond donors (Lipinski definition) is 6. The zero-order chi connectivity index (χ0) is 37.3. The number of nitrogen functional groups attached to an aromatic ring is 1. The molecule has 0 bridgehead atoms. The van der Waals surface area contributed by atoms with E-state index in [1.165, 1.54) is 6.33 Å². The van der Waals surface area contributed by atoms with Crippen LogP contribution in [-0.2, 0) is 32.9 Å². The molecule has 18 heteroatoms. The Hall–Kier alpha value is -2.92. The molecule has 7 N–H and O–H groups in total. The van der Waals surface area contributed by atoms with Crippen molar-refractivity contribution in [2.75, 3.05) is 30.9 Å². The third-order valence-electron chi connectivity index (χ3n) is 9.89. The first-order chi connectivity index (χ1) is 24.1. The first-order valence-electron chi connectivity index (χ1n) is 18.0. The minimum atomic E-state index is -4.27. The van der Waals surface area contributed by atoms with Crippen molar-refractivity contribution in [2.24, 2.45) is 11.8 Å². The number of nitrogens with zero attached hydrogens (tertiary/aromatic N) is 4. The van der Waals surface area contributed by atoms with Gasteiger partial charge >= 0.3 is 19.6 Å². The van der Waals surface area contributed by atoms with Crippen molar-refractivity contribution in [3.8, 4) is 0 Å². The van der Waals surface area contributed by atoms with Gasteiger partial charge in [-0.15, -0.1) is 0 Å². The number of aromatic nitrogens is 4. The molecule has 3 heterocycles. The molecule has 286 valence electrons. The van der Waals surface area contributed by atoms with E-state index < -0.39 is 67.8 Å². The van der Waals surface area contributed by atoms with Crippen LogP contribution in [0.15, 0.2) is 6.33 Å². The van der Waals surface area contributed by atoms with Gasteiger partial charge in [0.05, 0.1) is 26.1 Å². The average Bonchev–Trinajstić information content (AvgIpc) is 3.54. The summed E-state index contributed by atoms with van der Waals surface area (Å²) in [5.41, 5.74) is 3.84. The maximum absolute atomic E-state index is 14.6. The summed E-state index contributed by atoms with van der Waals surface area (Å²) in [5, 5.41) is 32.5. The summed E-state index contributed by atoms with van der Waals surface area (Å²) in [6.45, 7) is 12.3. The van der Waals surface area contributed by atoms with Gasteiger partial charge in [-0.05, 0) is 58.3 Å². The highest BCUT2D eigenvalue weighted by Crippen LogP contribution is 2.68. The molecule has 17 nitrogen and oxygen atoms in total. The lowest BCUT2D eigenvalue weighted by Crippen LogP contribution is -2.46. The van der Waals surface area contributed by atoms with E-state index in [1.54, 1.807) is 25.3 Å². The smallest absolute Gasteiger partial charge is 0.342 e. The zero-order valence-electron chi connectivity index (χ0n) is 30.6. The highest BCUT2D eigenvalue weighted by atomic mass is 31.2. The number of ether oxygens (including phenoxy) is 3. The predicted molar refractivity (Wildman–Crippen MR) is 188 cm³/mol. The zero-order valence-corrected chi connectivity index (χ0v) is 31.5. The summed E-state index contributed by atoms with van der Waals surface area (Å²) in [6.07, 6.45) is 3.67. The average molecular weight is 739 g/mol. The Labute approximate surface area is 298 Å². The van der Waals surface area contributed by atoms with Gasteiger partial charge in [-0.25, -0.2) is 15.2 Å². The fraction of sp³-hybridized carbons (Fsp3) is 0.788. The number of aliphatic hydroxyl groups is 2. The number of rotatable bonds is 18. The van der Waals surface area contributed by atoms with Gasteiger partial charge in [-0.2, -0.15) is 9.97 Å². The van der Waals surface area contributed by atoms with E-state index in [-0.39, 0.29) is 49.9 Å². The van der Waals surface area contributed by atoms with E-state index in [0.717, 1.165) is 25.7 Å².